The van der Waals surface area contributed by atoms with Crippen LogP contribution in [0.5, 0.6) is 0 Å². The van der Waals surface area contributed by atoms with E-state index >= 15 is 0 Å². The van der Waals surface area contributed by atoms with Crippen LogP contribution in [0.3, 0.4) is 0 Å². The summed E-state index contributed by atoms with van der Waals surface area (Å²) in [5.74, 6) is 0. The minimum atomic E-state index is -0.516. The molecular formula is C64H43NS2. The topological polar surface area (TPSA) is 3.24 Å². The van der Waals surface area contributed by atoms with Gasteiger partial charge < -0.3 is 4.90 Å². The summed E-state index contributed by atoms with van der Waals surface area (Å²) in [6.45, 7) is 4.78. The summed E-state index contributed by atoms with van der Waals surface area (Å²) in [4.78, 5) is 7.93. The van der Waals surface area contributed by atoms with Crippen LogP contribution in [0.15, 0.2) is 244 Å². The highest BCUT2D eigenvalue weighted by atomic mass is 32.2. The zero-order valence-corrected chi connectivity index (χ0v) is 38.8. The Balaban J connectivity index is 1.06. The minimum Gasteiger partial charge on any atom is -0.309 e. The molecule has 67 heavy (non-hydrogen) atoms. The van der Waals surface area contributed by atoms with Crippen molar-refractivity contribution in [3.63, 3.8) is 0 Å². The quantitative estimate of drug-likeness (QED) is 0.169. The monoisotopic (exact) mass is 889 g/mol. The van der Waals surface area contributed by atoms with Crippen molar-refractivity contribution in [3.8, 4) is 55.6 Å². The SMILES string of the molecule is CC1(C)c2ccccc2-c2ccc(N(c3ccc(-c4ccccc4)cc3-c3ccccc3)c3cccc4c3-c3ccccc3C43c4ccccc4-c4c3ccc3c4Sc4ccccc4S3)cc21. The summed E-state index contributed by atoms with van der Waals surface area (Å²) in [5, 5.41) is 0. The summed E-state index contributed by atoms with van der Waals surface area (Å²) >= 11 is 3.84. The number of hydrogen-bond donors (Lipinski definition) is 0. The van der Waals surface area contributed by atoms with Crippen LogP contribution >= 0.6 is 23.5 Å². The summed E-state index contributed by atoms with van der Waals surface area (Å²) in [5.41, 5.74) is 23.5. The van der Waals surface area contributed by atoms with E-state index in [1.807, 2.05) is 23.5 Å². The molecule has 0 aromatic heterocycles. The maximum atomic E-state index is 2.59. The van der Waals surface area contributed by atoms with E-state index in [1.165, 1.54) is 114 Å². The van der Waals surface area contributed by atoms with Gasteiger partial charge in [-0.25, -0.2) is 0 Å². The average molecular weight is 890 g/mol. The van der Waals surface area contributed by atoms with Gasteiger partial charge in [-0.1, -0.05) is 213 Å². The highest BCUT2D eigenvalue weighted by Crippen LogP contribution is 2.67. The van der Waals surface area contributed by atoms with E-state index in [1.54, 1.807) is 0 Å². The second-order valence-corrected chi connectivity index (χ2v) is 20.8. The maximum absolute atomic E-state index is 2.59. The van der Waals surface area contributed by atoms with Crippen molar-refractivity contribution < 1.29 is 0 Å². The molecule has 0 radical (unpaired) electrons. The van der Waals surface area contributed by atoms with Gasteiger partial charge in [0.25, 0.3) is 0 Å². The molecular weight excluding hydrogens is 847 g/mol. The molecule has 0 saturated carbocycles. The van der Waals surface area contributed by atoms with Gasteiger partial charge in [0.1, 0.15) is 0 Å². The second-order valence-electron chi connectivity index (χ2n) is 18.7. The first-order valence-corrected chi connectivity index (χ1v) is 24.9. The second kappa shape index (κ2) is 14.6. The third kappa shape index (κ3) is 5.47. The van der Waals surface area contributed by atoms with Gasteiger partial charge in [-0.05, 0) is 121 Å². The summed E-state index contributed by atoms with van der Waals surface area (Å²) < 4.78 is 0. The van der Waals surface area contributed by atoms with Crippen LogP contribution in [0.4, 0.5) is 17.1 Å². The van der Waals surface area contributed by atoms with E-state index < -0.39 is 5.41 Å². The standard InChI is InChI=1S/C64H43NS2/c1-63(2)49-25-12-9-22-44(49)45-34-33-43(39-54(45)63)65(55-36-32-42(40-18-5-3-6-19-40)38-48(55)41-20-7-4-8-21-41)56-29-17-28-52-60(56)46-23-10-13-26-50(46)64(52)51-27-14-11-24-47(51)61-53(64)35-37-59-62(61)67-58-31-16-15-30-57(58)66-59/h3-39H,1-2H3. The Bertz CT molecular complexity index is 3680. The molecule has 0 amide bonds. The van der Waals surface area contributed by atoms with E-state index in [0.717, 1.165) is 11.4 Å². The van der Waals surface area contributed by atoms with E-state index in [9.17, 15) is 0 Å². The highest BCUT2D eigenvalue weighted by molar-refractivity contribution is 8.05. The molecule has 3 heteroatoms. The van der Waals surface area contributed by atoms with Crippen LogP contribution in [-0.2, 0) is 10.8 Å². The van der Waals surface area contributed by atoms with E-state index in [0.29, 0.717) is 0 Å². The number of rotatable bonds is 5. The number of benzene rings is 10. The number of fused-ring (bicyclic) bond motifs is 16. The molecule has 0 bridgehead atoms. The zero-order chi connectivity index (χ0) is 44.4. The van der Waals surface area contributed by atoms with Crippen LogP contribution in [-0.4, -0.2) is 0 Å². The molecule has 14 rings (SSSR count). The Hall–Kier alpha value is -7.30. The van der Waals surface area contributed by atoms with Crippen molar-refractivity contribution in [1.82, 2.24) is 0 Å². The molecule has 0 saturated heterocycles. The highest BCUT2D eigenvalue weighted by Gasteiger charge is 2.53. The van der Waals surface area contributed by atoms with Crippen molar-refractivity contribution in [2.45, 2.75) is 44.3 Å². The van der Waals surface area contributed by atoms with Gasteiger partial charge in [0.15, 0.2) is 0 Å². The Morgan fingerprint density at radius 2 is 0.910 bits per heavy atom. The van der Waals surface area contributed by atoms with Gasteiger partial charge in [0.05, 0.1) is 16.8 Å². The van der Waals surface area contributed by atoms with Gasteiger partial charge in [0, 0.05) is 47.4 Å². The van der Waals surface area contributed by atoms with Crippen molar-refractivity contribution >= 4 is 40.6 Å². The number of nitrogens with zero attached hydrogens (tertiary/aromatic N) is 1. The molecule has 1 spiro atoms. The lowest BCUT2D eigenvalue weighted by atomic mass is 9.70. The van der Waals surface area contributed by atoms with Gasteiger partial charge in [-0.3, -0.25) is 0 Å². The Morgan fingerprint density at radius 1 is 0.328 bits per heavy atom. The van der Waals surface area contributed by atoms with Crippen LogP contribution < -0.4 is 4.90 Å². The van der Waals surface area contributed by atoms with Gasteiger partial charge in [0.2, 0.25) is 0 Å². The normalized spacial score (nSPS) is 16.0. The molecule has 0 N–H and O–H groups in total. The fraction of sp³-hybridized carbons (Fsp3) is 0.0625. The molecule has 10 aromatic rings. The number of hydrogen-bond acceptors (Lipinski definition) is 3. The summed E-state index contributed by atoms with van der Waals surface area (Å²) in [7, 11) is 0. The van der Waals surface area contributed by atoms with E-state index in [-0.39, 0.29) is 5.41 Å². The summed E-state index contributed by atoms with van der Waals surface area (Å²) in [6, 6.07) is 84.4. The molecule has 0 fully saturated rings. The van der Waals surface area contributed by atoms with Crippen molar-refractivity contribution in [3.05, 3.63) is 258 Å². The maximum Gasteiger partial charge on any atom is 0.0726 e. The molecule has 1 nitrogen and oxygen atoms in total. The molecule has 316 valence electrons. The largest absolute Gasteiger partial charge is 0.309 e. The predicted molar refractivity (Wildman–Crippen MR) is 281 cm³/mol. The molecule has 1 aliphatic heterocycles. The smallest absolute Gasteiger partial charge is 0.0726 e. The molecule has 1 unspecified atom stereocenters. The average Bonchev–Trinajstić information content (AvgIpc) is 3.95. The van der Waals surface area contributed by atoms with Crippen LogP contribution in [0.2, 0.25) is 0 Å². The molecule has 1 atom stereocenters. The zero-order valence-electron chi connectivity index (χ0n) is 37.1. The van der Waals surface area contributed by atoms with Crippen LogP contribution in [0, 0.1) is 0 Å². The van der Waals surface area contributed by atoms with Gasteiger partial charge in [-0.15, -0.1) is 0 Å². The third-order valence-corrected chi connectivity index (χ3v) is 17.5. The van der Waals surface area contributed by atoms with Crippen LogP contribution in [0.25, 0.3) is 55.6 Å². The Labute approximate surface area is 400 Å². The lowest BCUT2D eigenvalue weighted by molar-refractivity contribution is 0.660. The van der Waals surface area contributed by atoms with Crippen molar-refractivity contribution in [2.75, 3.05) is 4.90 Å². The van der Waals surface area contributed by atoms with E-state index in [2.05, 4.69) is 243 Å². The van der Waals surface area contributed by atoms with Gasteiger partial charge in [-0.2, -0.15) is 0 Å². The third-order valence-electron chi connectivity index (χ3n) is 14.9. The molecule has 3 aliphatic carbocycles. The predicted octanol–water partition coefficient (Wildman–Crippen LogP) is 17.8. The first kappa shape index (κ1) is 38.9. The van der Waals surface area contributed by atoms with E-state index in [4.69, 9.17) is 0 Å². The lowest BCUT2D eigenvalue weighted by Gasteiger charge is -2.33. The fourth-order valence-corrected chi connectivity index (χ4v) is 14.5. The molecule has 10 aromatic carbocycles. The first-order valence-electron chi connectivity index (χ1n) is 23.2. The van der Waals surface area contributed by atoms with Crippen LogP contribution in [0.1, 0.15) is 47.2 Å². The molecule has 1 heterocycles. The summed E-state index contributed by atoms with van der Waals surface area (Å²) in [6.07, 6.45) is 0. The minimum absolute atomic E-state index is 0.171. The molecule has 4 aliphatic rings. The van der Waals surface area contributed by atoms with Crippen molar-refractivity contribution in [1.29, 1.82) is 0 Å². The first-order chi connectivity index (χ1) is 33.0. The Kier molecular flexibility index (Phi) is 8.48. The lowest BCUT2D eigenvalue weighted by Crippen LogP contribution is -2.26. The van der Waals surface area contributed by atoms with Gasteiger partial charge >= 0.3 is 0 Å². The van der Waals surface area contributed by atoms with Crippen molar-refractivity contribution in [2.24, 2.45) is 0 Å². The fourth-order valence-electron chi connectivity index (χ4n) is 12.1. The number of anilines is 3. The Morgan fingerprint density at radius 3 is 1.66 bits per heavy atom.